The van der Waals surface area contributed by atoms with E-state index in [0.29, 0.717) is 17.9 Å². The SMILES string of the molecule is COc1ccccc1C[C@@](C)(CO)N=Nc1ccccc1OC. The minimum Gasteiger partial charge on any atom is -0.496 e. The van der Waals surface area contributed by atoms with Crippen molar-refractivity contribution in [3.05, 3.63) is 54.1 Å². The van der Waals surface area contributed by atoms with Gasteiger partial charge in [-0.2, -0.15) is 10.2 Å². The van der Waals surface area contributed by atoms with E-state index in [0.717, 1.165) is 11.3 Å². The number of rotatable bonds is 7. The summed E-state index contributed by atoms with van der Waals surface area (Å²) in [4.78, 5) is 0. The topological polar surface area (TPSA) is 63.4 Å². The van der Waals surface area contributed by atoms with Crippen LogP contribution in [0.4, 0.5) is 5.69 Å². The van der Waals surface area contributed by atoms with Gasteiger partial charge in [0.15, 0.2) is 0 Å². The standard InChI is InChI=1S/C18H22N2O3/c1-18(13-21,12-14-8-4-6-10-16(14)22-2)20-19-15-9-5-7-11-17(15)23-3/h4-11,21H,12-13H2,1-3H3/t18-/m0/s1. The third-order valence-electron chi connectivity index (χ3n) is 3.59. The normalized spacial score (nSPS) is 13.7. The Bertz CT molecular complexity index is 673. The van der Waals surface area contributed by atoms with Gasteiger partial charge in [-0.05, 0) is 30.7 Å². The fourth-order valence-corrected chi connectivity index (χ4v) is 2.27. The minimum atomic E-state index is -0.741. The summed E-state index contributed by atoms with van der Waals surface area (Å²) in [6.07, 6.45) is 0.520. The molecule has 5 nitrogen and oxygen atoms in total. The van der Waals surface area contributed by atoms with Crippen molar-refractivity contribution in [2.24, 2.45) is 10.2 Å². The summed E-state index contributed by atoms with van der Waals surface area (Å²) in [5, 5.41) is 18.4. The Kier molecular flexibility index (Phi) is 5.71. The average Bonchev–Trinajstić information content (AvgIpc) is 2.60. The molecule has 0 spiro atoms. The van der Waals surface area contributed by atoms with E-state index in [1.807, 2.05) is 55.5 Å². The third kappa shape index (κ3) is 4.29. The number of hydrogen-bond donors (Lipinski definition) is 1. The lowest BCUT2D eigenvalue weighted by atomic mass is 9.94. The minimum absolute atomic E-state index is 0.121. The molecule has 0 aliphatic carbocycles. The monoisotopic (exact) mass is 314 g/mol. The second kappa shape index (κ2) is 7.74. The molecule has 23 heavy (non-hydrogen) atoms. The highest BCUT2D eigenvalue weighted by Gasteiger charge is 2.25. The zero-order valence-electron chi connectivity index (χ0n) is 13.7. The van der Waals surface area contributed by atoms with Crippen molar-refractivity contribution in [3.63, 3.8) is 0 Å². The Morgan fingerprint density at radius 3 is 2.22 bits per heavy atom. The Hall–Kier alpha value is -2.40. The number of aliphatic hydroxyl groups is 1. The average molecular weight is 314 g/mol. The van der Waals surface area contributed by atoms with Crippen LogP contribution in [0.5, 0.6) is 11.5 Å². The molecule has 0 fully saturated rings. The van der Waals surface area contributed by atoms with Gasteiger partial charge < -0.3 is 14.6 Å². The van der Waals surface area contributed by atoms with E-state index >= 15 is 0 Å². The van der Waals surface area contributed by atoms with Crippen LogP contribution in [0.1, 0.15) is 12.5 Å². The lowest BCUT2D eigenvalue weighted by Gasteiger charge is -2.22. The van der Waals surface area contributed by atoms with Crippen LogP contribution in [0.15, 0.2) is 58.8 Å². The van der Waals surface area contributed by atoms with E-state index < -0.39 is 5.54 Å². The Labute approximate surface area is 136 Å². The highest BCUT2D eigenvalue weighted by Crippen LogP contribution is 2.30. The third-order valence-corrected chi connectivity index (χ3v) is 3.59. The lowest BCUT2D eigenvalue weighted by molar-refractivity contribution is 0.203. The lowest BCUT2D eigenvalue weighted by Crippen LogP contribution is -2.29. The zero-order chi connectivity index (χ0) is 16.7. The molecular formula is C18H22N2O3. The maximum atomic E-state index is 9.79. The molecule has 0 radical (unpaired) electrons. The van der Waals surface area contributed by atoms with E-state index in [9.17, 15) is 5.11 Å². The quantitative estimate of drug-likeness (QED) is 0.791. The highest BCUT2D eigenvalue weighted by atomic mass is 16.5. The molecule has 2 aromatic carbocycles. The molecule has 2 rings (SSSR count). The molecule has 0 saturated carbocycles. The zero-order valence-corrected chi connectivity index (χ0v) is 13.7. The summed E-state index contributed by atoms with van der Waals surface area (Å²) in [6.45, 7) is 1.74. The van der Waals surface area contributed by atoms with Crippen molar-refractivity contribution in [3.8, 4) is 11.5 Å². The van der Waals surface area contributed by atoms with Crippen molar-refractivity contribution in [2.75, 3.05) is 20.8 Å². The number of benzene rings is 2. The van der Waals surface area contributed by atoms with Gasteiger partial charge in [0.2, 0.25) is 0 Å². The van der Waals surface area contributed by atoms with Gasteiger partial charge in [0.25, 0.3) is 0 Å². The molecule has 0 unspecified atom stereocenters. The number of ether oxygens (including phenoxy) is 2. The summed E-state index contributed by atoms with van der Waals surface area (Å²) >= 11 is 0. The predicted octanol–water partition coefficient (Wildman–Crippen LogP) is 3.78. The molecule has 0 aliphatic heterocycles. The molecule has 5 heteroatoms. The molecule has 2 aromatic rings. The maximum absolute atomic E-state index is 9.79. The van der Waals surface area contributed by atoms with Gasteiger partial charge in [0.1, 0.15) is 22.7 Å². The van der Waals surface area contributed by atoms with E-state index in [-0.39, 0.29) is 6.61 Å². The summed E-state index contributed by atoms with van der Waals surface area (Å²) in [5.74, 6) is 1.42. The van der Waals surface area contributed by atoms with E-state index in [4.69, 9.17) is 9.47 Å². The van der Waals surface area contributed by atoms with Crippen LogP contribution in [-0.4, -0.2) is 31.5 Å². The molecule has 1 N–H and O–H groups in total. The fraction of sp³-hybridized carbons (Fsp3) is 0.333. The van der Waals surface area contributed by atoms with Crippen LogP contribution in [-0.2, 0) is 6.42 Å². The van der Waals surface area contributed by atoms with Gasteiger partial charge in [0.05, 0.1) is 20.8 Å². The molecule has 0 amide bonds. The van der Waals surface area contributed by atoms with Crippen molar-refractivity contribution in [2.45, 2.75) is 18.9 Å². The summed E-state index contributed by atoms with van der Waals surface area (Å²) in [7, 11) is 3.22. The van der Waals surface area contributed by atoms with E-state index in [1.165, 1.54) is 0 Å². The Morgan fingerprint density at radius 2 is 1.57 bits per heavy atom. The van der Waals surface area contributed by atoms with Gasteiger partial charge in [-0.3, -0.25) is 0 Å². The molecule has 0 saturated heterocycles. The molecule has 1 atom stereocenters. The fourth-order valence-electron chi connectivity index (χ4n) is 2.27. The van der Waals surface area contributed by atoms with Crippen molar-refractivity contribution in [1.82, 2.24) is 0 Å². The summed E-state index contributed by atoms with van der Waals surface area (Å²) < 4.78 is 10.6. The van der Waals surface area contributed by atoms with Crippen LogP contribution in [0.3, 0.4) is 0 Å². The Balaban J connectivity index is 2.25. The van der Waals surface area contributed by atoms with Crippen molar-refractivity contribution >= 4 is 5.69 Å². The number of azo groups is 1. The van der Waals surface area contributed by atoms with E-state index in [2.05, 4.69) is 10.2 Å². The second-order valence-corrected chi connectivity index (χ2v) is 5.52. The van der Waals surface area contributed by atoms with Crippen LogP contribution >= 0.6 is 0 Å². The molecule has 0 aromatic heterocycles. The van der Waals surface area contributed by atoms with E-state index in [1.54, 1.807) is 14.2 Å². The summed E-state index contributed by atoms with van der Waals surface area (Å²) in [5.41, 5.74) is 0.871. The largest absolute Gasteiger partial charge is 0.496 e. The predicted molar refractivity (Wildman–Crippen MR) is 89.7 cm³/mol. The van der Waals surface area contributed by atoms with Gasteiger partial charge in [0, 0.05) is 6.42 Å². The first kappa shape index (κ1) is 17.0. The van der Waals surface area contributed by atoms with Crippen molar-refractivity contribution < 1.29 is 14.6 Å². The molecular weight excluding hydrogens is 292 g/mol. The Morgan fingerprint density at radius 1 is 0.957 bits per heavy atom. The number of hydrogen-bond acceptors (Lipinski definition) is 5. The van der Waals surface area contributed by atoms with Crippen molar-refractivity contribution in [1.29, 1.82) is 0 Å². The number of para-hydroxylation sites is 2. The van der Waals surface area contributed by atoms with Crippen LogP contribution in [0, 0.1) is 0 Å². The van der Waals surface area contributed by atoms with Crippen LogP contribution in [0.2, 0.25) is 0 Å². The van der Waals surface area contributed by atoms with Gasteiger partial charge >= 0.3 is 0 Å². The summed E-state index contributed by atoms with van der Waals surface area (Å²) in [6, 6.07) is 15.1. The number of methoxy groups -OCH3 is 2. The highest BCUT2D eigenvalue weighted by molar-refractivity contribution is 5.50. The second-order valence-electron chi connectivity index (χ2n) is 5.52. The van der Waals surface area contributed by atoms with Gasteiger partial charge in [-0.25, -0.2) is 0 Å². The van der Waals surface area contributed by atoms with Crippen LogP contribution in [0.25, 0.3) is 0 Å². The number of aliphatic hydroxyl groups excluding tert-OH is 1. The first-order chi connectivity index (χ1) is 11.1. The molecule has 0 heterocycles. The smallest absolute Gasteiger partial charge is 0.146 e. The first-order valence-electron chi connectivity index (χ1n) is 7.40. The maximum Gasteiger partial charge on any atom is 0.146 e. The molecule has 122 valence electrons. The first-order valence-corrected chi connectivity index (χ1v) is 7.40. The molecule has 0 aliphatic rings. The van der Waals surface area contributed by atoms with Gasteiger partial charge in [-0.15, -0.1) is 0 Å². The van der Waals surface area contributed by atoms with Crippen LogP contribution < -0.4 is 9.47 Å². The molecule has 0 bridgehead atoms. The van der Waals surface area contributed by atoms with Gasteiger partial charge in [-0.1, -0.05) is 30.3 Å². The number of nitrogens with zero attached hydrogens (tertiary/aromatic N) is 2.